The van der Waals surface area contributed by atoms with Crippen molar-refractivity contribution in [2.24, 2.45) is 0 Å². The van der Waals surface area contributed by atoms with Gasteiger partial charge in [0.15, 0.2) is 11.5 Å². The van der Waals surface area contributed by atoms with Crippen LogP contribution in [0, 0.1) is 13.8 Å². The largest absolute Gasteiger partial charge is 0.355 e. The summed E-state index contributed by atoms with van der Waals surface area (Å²) in [6, 6.07) is 14.0. The number of aromatic nitrogens is 1. The summed E-state index contributed by atoms with van der Waals surface area (Å²) in [4.78, 5) is 12.6. The monoisotopic (exact) mass is 318 g/mol. The van der Waals surface area contributed by atoms with Crippen LogP contribution in [0.2, 0.25) is 0 Å². The third kappa shape index (κ3) is 2.40. The van der Waals surface area contributed by atoms with Crippen molar-refractivity contribution in [3.8, 4) is 11.3 Å². The first-order chi connectivity index (χ1) is 11.6. The van der Waals surface area contributed by atoms with Crippen LogP contribution in [0.3, 0.4) is 0 Å². The van der Waals surface area contributed by atoms with Gasteiger partial charge >= 0.3 is 0 Å². The highest BCUT2D eigenvalue weighted by molar-refractivity contribution is 6.04. The fourth-order valence-electron chi connectivity index (χ4n) is 3.16. The highest BCUT2D eigenvalue weighted by Gasteiger charge is 2.27. The third-order valence-electron chi connectivity index (χ3n) is 4.67. The van der Waals surface area contributed by atoms with Crippen LogP contribution in [0.5, 0.6) is 0 Å². The van der Waals surface area contributed by atoms with Gasteiger partial charge in [-0.1, -0.05) is 35.5 Å². The van der Waals surface area contributed by atoms with Gasteiger partial charge < -0.3 is 9.84 Å². The number of anilines is 1. The molecule has 4 nitrogen and oxygen atoms in total. The molecule has 1 aliphatic carbocycles. The summed E-state index contributed by atoms with van der Waals surface area (Å²) < 4.78 is 5.50. The molecule has 0 unspecified atom stereocenters. The van der Waals surface area contributed by atoms with Crippen molar-refractivity contribution < 1.29 is 9.32 Å². The molecule has 120 valence electrons. The first-order valence-electron chi connectivity index (χ1n) is 8.09. The van der Waals surface area contributed by atoms with E-state index in [0.29, 0.717) is 5.69 Å². The number of nitrogens with one attached hydrogen (secondary N) is 1. The number of fused-ring (bicyclic) bond motifs is 3. The van der Waals surface area contributed by atoms with Crippen LogP contribution in [0.25, 0.3) is 11.3 Å². The Hall–Kier alpha value is -2.88. The van der Waals surface area contributed by atoms with Crippen LogP contribution in [-0.4, -0.2) is 11.1 Å². The van der Waals surface area contributed by atoms with Gasteiger partial charge in [0.05, 0.1) is 0 Å². The Morgan fingerprint density at radius 2 is 1.92 bits per heavy atom. The minimum Gasteiger partial charge on any atom is -0.355 e. The predicted molar refractivity (Wildman–Crippen MR) is 93.2 cm³/mol. The molecule has 2 aromatic carbocycles. The summed E-state index contributed by atoms with van der Waals surface area (Å²) in [6.07, 6.45) is 1.67. The summed E-state index contributed by atoms with van der Waals surface area (Å²) in [5.41, 5.74) is 6.68. The van der Waals surface area contributed by atoms with Gasteiger partial charge in [-0.2, -0.15) is 0 Å². The zero-order chi connectivity index (χ0) is 16.7. The standard InChI is InChI=1S/C20H18N2O2/c1-12-7-9-15(11-13(12)2)21-20(23)18-17-10-8-14-5-3-4-6-16(14)19(17)24-22-18/h3-7,9,11H,8,10H2,1-2H3,(H,21,23). The van der Waals surface area contributed by atoms with E-state index < -0.39 is 0 Å². The number of carbonyl (C=O) groups excluding carboxylic acids is 1. The number of nitrogens with zero attached hydrogens (tertiary/aromatic N) is 1. The molecule has 24 heavy (non-hydrogen) atoms. The highest BCUT2D eigenvalue weighted by atomic mass is 16.5. The molecule has 4 heteroatoms. The maximum Gasteiger partial charge on any atom is 0.278 e. The van der Waals surface area contributed by atoms with E-state index in [4.69, 9.17) is 4.52 Å². The molecule has 1 N–H and O–H groups in total. The van der Waals surface area contributed by atoms with Gasteiger partial charge in [0.25, 0.3) is 5.91 Å². The second-order valence-corrected chi connectivity index (χ2v) is 6.25. The number of amides is 1. The van der Waals surface area contributed by atoms with Crippen LogP contribution in [0.4, 0.5) is 5.69 Å². The number of hydrogen-bond donors (Lipinski definition) is 1. The minimum atomic E-state index is -0.220. The summed E-state index contributed by atoms with van der Waals surface area (Å²) in [6.45, 7) is 4.08. The maximum absolute atomic E-state index is 12.6. The Kier molecular flexibility index (Phi) is 3.45. The van der Waals surface area contributed by atoms with Crippen molar-refractivity contribution in [2.75, 3.05) is 5.32 Å². The zero-order valence-corrected chi connectivity index (χ0v) is 13.7. The van der Waals surface area contributed by atoms with E-state index >= 15 is 0 Å². The molecule has 1 amide bonds. The fourth-order valence-corrected chi connectivity index (χ4v) is 3.16. The lowest BCUT2D eigenvalue weighted by Gasteiger charge is -2.14. The SMILES string of the molecule is Cc1ccc(NC(=O)c2noc3c2CCc2ccccc2-3)cc1C. The van der Waals surface area contributed by atoms with E-state index in [0.717, 1.165) is 41.0 Å². The maximum atomic E-state index is 12.6. The predicted octanol–water partition coefficient (Wildman–Crippen LogP) is 4.31. The van der Waals surface area contributed by atoms with Gasteiger partial charge in [0.2, 0.25) is 0 Å². The molecule has 1 heterocycles. The average molecular weight is 318 g/mol. The highest BCUT2D eigenvalue weighted by Crippen LogP contribution is 2.35. The molecule has 0 bridgehead atoms. The van der Waals surface area contributed by atoms with E-state index in [-0.39, 0.29) is 5.91 Å². The van der Waals surface area contributed by atoms with E-state index in [1.807, 2.05) is 50.2 Å². The summed E-state index contributed by atoms with van der Waals surface area (Å²) in [5, 5.41) is 6.97. The van der Waals surface area contributed by atoms with Crippen molar-refractivity contribution in [1.29, 1.82) is 0 Å². The van der Waals surface area contributed by atoms with E-state index in [1.165, 1.54) is 11.1 Å². The third-order valence-corrected chi connectivity index (χ3v) is 4.67. The Morgan fingerprint density at radius 1 is 1.08 bits per heavy atom. The molecule has 0 saturated heterocycles. The minimum absolute atomic E-state index is 0.220. The van der Waals surface area contributed by atoms with Gasteiger partial charge in [-0.15, -0.1) is 0 Å². The van der Waals surface area contributed by atoms with Crippen LogP contribution in [0.15, 0.2) is 47.0 Å². The molecule has 0 aliphatic heterocycles. The zero-order valence-electron chi connectivity index (χ0n) is 13.7. The van der Waals surface area contributed by atoms with Crippen molar-refractivity contribution >= 4 is 11.6 Å². The van der Waals surface area contributed by atoms with Crippen molar-refractivity contribution in [1.82, 2.24) is 5.16 Å². The second kappa shape index (κ2) is 5.64. The molecule has 0 spiro atoms. The Labute approximate surface area is 140 Å². The van der Waals surface area contributed by atoms with Crippen molar-refractivity contribution in [3.05, 3.63) is 70.4 Å². The second-order valence-electron chi connectivity index (χ2n) is 6.25. The van der Waals surface area contributed by atoms with Crippen molar-refractivity contribution in [3.63, 3.8) is 0 Å². The van der Waals surface area contributed by atoms with Gasteiger partial charge in [-0.25, -0.2) is 0 Å². The number of carbonyl (C=O) groups is 1. The Bertz CT molecular complexity index is 941. The van der Waals surface area contributed by atoms with E-state index in [1.54, 1.807) is 0 Å². The van der Waals surface area contributed by atoms with Gasteiger partial charge in [0, 0.05) is 16.8 Å². The summed E-state index contributed by atoms with van der Waals surface area (Å²) in [5.74, 6) is 0.504. The molecule has 4 rings (SSSR count). The summed E-state index contributed by atoms with van der Waals surface area (Å²) >= 11 is 0. The summed E-state index contributed by atoms with van der Waals surface area (Å²) in [7, 11) is 0. The number of benzene rings is 2. The smallest absolute Gasteiger partial charge is 0.278 e. The number of rotatable bonds is 2. The number of aryl methyl sites for hydroxylation is 3. The van der Waals surface area contributed by atoms with Gasteiger partial charge in [-0.05, 0) is 55.5 Å². The molecule has 0 saturated carbocycles. The fraction of sp³-hybridized carbons (Fsp3) is 0.200. The lowest BCUT2D eigenvalue weighted by atomic mass is 9.89. The lowest BCUT2D eigenvalue weighted by Crippen LogP contribution is -2.16. The number of hydrogen-bond acceptors (Lipinski definition) is 3. The molecule has 1 aliphatic rings. The first kappa shape index (κ1) is 14.7. The van der Waals surface area contributed by atoms with Crippen LogP contribution in [0.1, 0.15) is 32.7 Å². The van der Waals surface area contributed by atoms with E-state index in [9.17, 15) is 4.79 Å². The van der Waals surface area contributed by atoms with Crippen molar-refractivity contribution in [2.45, 2.75) is 26.7 Å². The van der Waals surface area contributed by atoms with Crippen LogP contribution < -0.4 is 5.32 Å². The van der Waals surface area contributed by atoms with Crippen LogP contribution in [-0.2, 0) is 12.8 Å². The topological polar surface area (TPSA) is 55.1 Å². The normalized spacial score (nSPS) is 12.4. The Morgan fingerprint density at radius 3 is 2.75 bits per heavy atom. The van der Waals surface area contributed by atoms with Gasteiger partial charge in [0.1, 0.15) is 0 Å². The molecule has 0 radical (unpaired) electrons. The average Bonchev–Trinajstić information content (AvgIpc) is 3.03. The molecule has 3 aromatic rings. The van der Waals surface area contributed by atoms with E-state index in [2.05, 4.69) is 16.5 Å². The quantitative estimate of drug-likeness (QED) is 0.766. The molecular weight excluding hydrogens is 300 g/mol. The molecule has 0 fully saturated rings. The molecular formula is C20H18N2O2. The Balaban J connectivity index is 1.65. The molecule has 0 atom stereocenters. The lowest BCUT2D eigenvalue weighted by molar-refractivity contribution is 0.101. The first-order valence-corrected chi connectivity index (χ1v) is 8.09. The van der Waals surface area contributed by atoms with Crippen LogP contribution >= 0.6 is 0 Å². The van der Waals surface area contributed by atoms with Gasteiger partial charge in [-0.3, -0.25) is 4.79 Å². The molecule has 1 aromatic heterocycles.